The van der Waals surface area contributed by atoms with Gasteiger partial charge in [0.05, 0.1) is 16.4 Å². The summed E-state index contributed by atoms with van der Waals surface area (Å²) in [5.41, 5.74) is 2.97. The van der Waals surface area contributed by atoms with E-state index in [9.17, 15) is 14.9 Å². The number of hydrogen-bond donors (Lipinski definition) is 1. The topological polar surface area (TPSA) is 97.0 Å². The number of aryl methyl sites for hydroxylation is 1. The largest absolute Gasteiger partial charge is 0.303 e. The maximum Gasteiger partial charge on any atom is 0.269 e. The van der Waals surface area contributed by atoms with E-state index in [4.69, 9.17) is 0 Å². The molecule has 26 heavy (non-hydrogen) atoms. The molecule has 3 rings (SSSR count). The zero-order valence-electron chi connectivity index (χ0n) is 14.0. The van der Waals surface area contributed by atoms with Crippen molar-refractivity contribution in [3.05, 3.63) is 75.3 Å². The summed E-state index contributed by atoms with van der Waals surface area (Å²) in [5, 5.41) is 21.5. The van der Waals surface area contributed by atoms with Gasteiger partial charge in [0.15, 0.2) is 5.17 Å². The molecule has 0 radical (unpaired) electrons. The van der Waals surface area contributed by atoms with Crippen LogP contribution in [0, 0.1) is 17.0 Å². The van der Waals surface area contributed by atoms with Crippen LogP contribution in [0.4, 0.5) is 5.69 Å². The molecule has 0 aromatic heterocycles. The number of non-ortho nitro benzene ring substituents is 1. The number of rotatable bonds is 5. The Bertz CT molecular complexity index is 894. The van der Waals surface area contributed by atoms with Gasteiger partial charge in [0.1, 0.15) is 0 Å². The number of carbonyl (C=O) groups excluding carboxylic acids is 1. The van der Waals surface area contributed by atoms with Crippen LogP contribution in [0.25, 0.3) is 0 Å². The Morgan fingerprint density at radius 2 is 2.04 bits per heavy atom. The molecule has 132 valence electrons. The summed E-state index contributed by atoms with van der Waals surface area (Å²) >= 11 is 1.35. The van der Waals surface area contributed by atoms with Gasteiger partial charge in [-0.2, -0.15) is 5.10 Å². The van der Waals surface area contributed by atoms with Crippen molar-refractivity contribution in [3.8, 4) is 0 Å². The van der Waals surface area contributed by atoms with E-state index in [0.29, 0.717) is 17.2 Å². The SMILES string of the molecule is Cc1cccc(C[C@H]2S/C(=N/N=C/c3ccc([N+](=O)[O-])cc3)NC2=O)c1. The number of nitrogens with one attached hydrogen (secondary N) is 1. The molecule has 2 aromatic rings. The number of nitro benzene ring substituents is 1. The number of benzene rings is 2. The van der Waals surface area contributed by atoms with Crippen molar-refractivity contribution in [3.63, 3.8) is 0 Å². The van der Waals surface area contributed by atoms with Crippen LogP contribution in [0.5, 0.6) is 0 Å². The van der Waals surface area contributed by atoms with Crippen LogP contribution < -0.4 is 5.32 Å². The van der Waals surface area contributed by atoms with E-state index in [1.165, 1.54) is 30.1 Å². The Balaban J connectivity index is 1.61. The maximum atomic E-state index is 12.1. The lowest BCUT2D eigenvalue weighted by atomic mass is 10.1. The molecule has 0 spiro atoms. The first kappa shape index (κ1) is 17.8. The van der Waals surface area contributed by atoms with Gasteiger partial charge in [-0.25, -0.2) is 0 Å². The third kappa shape index (κ3) is 4.54. The molecule has 0 unspecified atom stereocenters. The monoisotopic (exact) mass is 368 g/mol. The molecule has 0 bridgehead atoms. The van der Waals surface area contributed by atoms with Crippen molar-refractivity contribution in [2.24, 2.45) is 10.2 Å². The quantitative estimate of drug-likeness (QED) is 0.498. The lowest BCUT2D eigenvalue weighted by Gasteiger charge is -2.05. The molecule has 2 aromatic carbocycles. The fourth-order valence-corrected chi connectivity index (χ4v) is 3.43. The van der Waals surface area contributed by atoms with E-state index in [-0.39, 0.29) is 16.8 Å². The predicted molar refractivity (Wildman–Crippen MR) is 103 cm³/mol. The lowest BCUT2D eigenvalue weighted by Crippen LogP contribution is -2.25. The standard InChI is InChI=1S/C18H16N4O3S/c1-12-3-2-4-14(9-12)10-16-17(23)20-18(26-16)21-19-11-13-5-7-15(8-6-13)22(24)25/h2-9,11,16H,10H2,1H3,(H,20,21,23)/b19-11+/t16-/m1/s1. The number of thioether (sulfide) groups is 1. The summed E-state index contributed by atoms with van der Waals surface area (Å²) in [7, 11) is 0. The number of amidine groups is 1. The minimum atomic E-state index is -0.458. The third-order valence-corrected chi connectivity index (χ3v) is 4.81. The van der Waals surface area contributed by atoms with Gasteiger partial charge >= 0.3 is 0 Å². The van der Waals surface area contributed by atoms with Crippen LogP contribution >= 0.6 is 11.8 Å². The molecule has 1 heterocycles. The van der Waals surface area contributed by atoms with Crippen LogP contribution in [0.2, 0.25) is 0 Å². The molecule has 1 aliphatic heterocycles. The molecule has 0 saturated carbocycles. The molecule has 1 N–H and O–H groups in total. The molecule has 1 fully saturated rings. The minimum Gasteiger partial charge on any atom is -0.303 e. The van der Waals surface area contributed by atoms with E-state index in [2.05, 4.69) is 21.6 Å². The average molecular weight is 368 g/mol. The van der Waals surface area contributed by atoms with E-state index in [0.717, 1.165) is 11.1 Å². The van der Waals surface area contributed by atoms with Crippen molar-refractivity contribution in [2.45, 2.75) is 18.6 Å². The second kappa shape index (κ2) is 7.92. The molecule has 1 aliphatic rings. The molecule has 1 saturated heterocycles. The highest BCUT2D eigenvalue weighted by Crippen LogP contribution is 2.23. The first-order valence-corrected chi connectivity index (χ1v) is 8.78. The van der Waals surface area contributed by atoms with Gasteiger partial charge in [-0.1, -0.05) is 41.6 Å². The number of amides is 1. The Morgan fingerprint density at radius 1 is 1.27 bits per heavy atom. The van der Waals surface area contributed by atoms with Gasteiger partial charge in [0.25, 0.3) is 5.69 Å². The lowest BCUT2D eigenvalue weighted by molar-refractivity contribution is -0.384. The van der Waals surface area contributed by atoms with Crippen LogP contribution in [0.3, 0.4) is 0 Å². The molecule has 8 heteroatoms. The fraction of sp³-hybridized carbons (Fsp3) is 0.167. The van der Waals surface area contributed by atoms with E-state index in [1.54, 1.807) is 12.1 Å². The molecule has 7 nitrogen and oxygen atoms in total. The summed E-state index contributed by atoms with van der Waals surface area (Å²) in [4.78, 5) is 22.2. The van der Waals surface area contributed by atoms with Gasteiger partial charge in [-0.05, 0) is 36.6 Å². The van der Waals surface area contributed by atoms with E-state index < -0.39 is 4.92 Å². The van der Waals surface area contributed by atoms with Crippen LogP contribution in [-0.4, -0.2) is 27.5 Å². The zero-order valence-corrected chi connectivity index (χ0v) is 14.8. The first-order chi connectivity index (χ1) is 12.5. The Kier molecular flexibility index (Phi) is 5.43. The Morgan fingerprint density at radius 3 is 2.73 bits per heavy atom. The minimum absolute atomic E-state index is 0.0195. The van der Waals surface area contributed by atoms with Crippen LogP contribution in [0.15, 0.2) is 58.7 Å². The summed E-state index contributed by atoms with van der Waals surface area (Å²) in [6.45, 7) is 2.02. The Hall–Kier alpha value is -3.00. The Labute approximate surface area is 154 Å². The van der Waals surface area contributed by atoms with E-state index >= 15 is 0 Å². The first-order valence-electron chi connectivity index (χ1n) is 7.90. The second-order valence-corrected chi connectivity index (χ2v) is 6.98. The number of hydrogen-bond acceptors (Lipinski definition) is 6. The molecule has 1 amide bonds. The molecule has 1 atom stereocenters. The number of nitrogens with zero attached hydrogens (tertiary/aromatic N) is 3. The fourth-order valence-electron chi connectivity index (χ4n) is 2.47. The smallest absolute Gasteiger partial charge is 0.269 e. The van der Waals surface area contributed by atoms with Crippen molar-refractivity contribution in [1.82, 2.24) is 5.32 Å². The molecular weight excluding hydrogens is 352 g/mol. The summed E-state index contributed by atoms with van der Waals surface area (Å²) in [6.07, 6.45) is 2.11. The van der Waals surface area contributed by atoms with Gasteiger partial charge < -0.3 is 5.32 Å². The zero-order chi connectivity index (χ0) is 18.5. The average Bonchev–Trinajstić information content (AvgIpc) is 2.95. The number of nitro groups is 1. The maximum absolute atomic E-state index is 12.1. The summed E-state index contributed by atoms with van der Waals surface area (Å²) < 4.78 is 0. The second-order valence-electron chi connectivity index (χ2n) is 5.79. The molecular formula is C18H16N4O3S. The van der Waals surface area contributed by atoms with Gasteiger partial charge in [-0.3, -0.25) is 14.9 Å². The highest BCUT2D eigenvalue weighted by molar-refractivity contribution is 8.15. The third-order valence-electron chi connectivity index (χ3n) is 3.74. The van der Waals surface area contributed by atoms with Gasteiger partial charge in [0, 0.05) is 12.1 Å². The highest BCUT2D eigenvalue weighted by atomic mass is 32.2. The predicted octanol–water partition coefficient (Wildman–Crippen LogP) is 3.07. The number of carbonyl (C=O) groups is 1. The van der Waals surface area contributed by atoms with Crippen molar-refractivity contribution in [1.29, 1.82) is 0 Å². The van der Waals surface area contributed by atoms with Gasteiger partial charge in [-0.15, -0.1) is 5.10 Å². The van der Waals surface area contributed by atoms with Gasteiger partial charge in [0.2, 0.25) is 5.91 Å². The van der Waals surface area contributed by atoms with E-state index in [1.807, 2.05) is 25.1 Å². The van der Waals surface area contributed by atoms with Crippen molar-refractivity contribution < 1.29 is 9.72 Å². The normalized spacial score (nSPS) is 18.4. The summed E-state index contributed by atoms with van der Waals surface area (Å²) in [5.74, 6) is -0.0826. The van der Waals surface area contributed by atoms with Crippen LogP contribution in [0.1, 0.15) is 16.7 Å². The highest BCUT2D eigenvalue weighted by Gasteiger charge is 2.30. The molecule has 0 aliphatic carbocycles. The summed E-state index contributed by atoms with van der Waals surface area (Å²) in [6, 6.07) is 14.0. The van der Waals surface area contributed by atoms with Crippen molar-refractivity contribution >= 4 is 34.7 Å². The van der Waals surface area contributed by atoms with Crippen LogP contribution in [-0.2, 0) is 11.2 Å². The van der Waals surface area contributed by atoms with Crippen molar-refractivity contribution in [2.75, 3.05) is 0 Å².